The Labute approximate surface area is 157 Å². The van der Waals surface area contributed by atoms with Crippen molar-refractivity contribution in [1.29, 1.82) is 0 Å². The third kappa shape index (κ3) is 3.21. The molecule has 2 heterocycles. The molecule has 0 radical (unpaired) electrons. The molecule has 9 heteroatoms. The highest BCUT2D eigenvalue weighted by Crippen LogP contribution is 2.26. The summed E-state index contributed by atoms with van der Waals surface area (Å²) in [4.78, 5) is 41.7. The van der Waals surface area contributed by atoms with Crippen molar-refractivity contribution in [2.75, 3.05) is 5.32 Å². The van der Waals surface area contributed by atoms with Gasteiger partial charge in [-0.05, 0) is 43.7 Å². The zero-order valence-corrected chi connectivity index (χ0v) is 15.5. The molecular weight excluding hydrogens is 376 g/mol. The number of thiophene rings is 1. The number of carbonyl (C=O) groups is 2. The quantitative estimate of drug-likeness (QED) is 0.714. The number of aromatic nitrogens is 2. The molecule has 3 aromatic rings. The number of halogens is 1. The first-order valence-corrected chi connectivity index (χ1v) is 8.85. The number of rotatable bonds is 4. The van der Waals surface area contributed by atoms with Crippen LogP contribution in [0.15, 0.2) is 35.4 Å². The maximum Gasteiger partial charge on any atom is 0.263 e. The minimum Gasteiger partial charge on any atom is -0.365 e. The standard InChI is InChI=1S/C17H15ClN4O3S/c1-8-12-16(26-13(8)14(19)23)20-7-22(17(12)25)9(2)15(24)21-11-5-3-10(18)4-6-11/h3-7,9H,1-2H3,(H2,19,23)(H,21,24). The van der Waals surface area contributed by atoms with Gasteiger partial charge >= 0.3 is 0 Å². The van der Waals surface area contributed by atoms with E-state index in [1.807, 2.05) is 0 Å². The first-order chi connectivity index (χ1) is 12.3. The molecule has 1 aromatic carbocycles. The van der Waals surface area contributed by atoms with Crippen molar-refractivity contribution in [2.24, 2.45) is 5.73 Å². The smallest absolute Gasteiger partial charge is 0.263 e. The second kappa shape index (κ2) is 6.89. The Balaban J connectivity index is 1.96. The van der Waals surface area contributed by atoms with Crippen LogP contribution in [0.3, 0.4) is 0 Å². The normalized spacial score (nSPS) is 12.1. The molecule has 3 rings (SSSR count). The summed E-state index contributed by atoms with van der Waals surface area (Å²) in [5.74, 6) is -0.983. The second-order valence-electron chi connectivity index (χ2n) is 5.73. The van der Waals surface area contributed by atoms with Crippen LogP contribution in [0.2, 0.25) is 5.02 Å². The zero-order valence-electron chi connectivity index (χ0n) is 13.9. The Morgan fingerprint density at radius 2 is 1.96 bits per heavy atom. The predicted molar refractivity (Wildman–Crippen MR) is 102 cm³/mol. The lowest BCUT2D eigenvalue weighted by Crippen LogP contribution is -2.31. The molecule has 0 aliphatic rings. The molecule has 2 amide bonds. The highest BCUT2D eigenvalue weighted by molar-refractivity contribution is 7.20. The summed E-state index contributed by atoms with van der Waals surface area (Å²) >= 11 is 6.89. The number of nitrogens with one attached hydrogen (secondary N) is 1. The van der Waals surface area contributed by atoms with Gasteiger partial charge in [0.25, 0.3) is 11.5 Å². The molecule has 0 spiro atoms. The average Bonchev–Trinajstić information content (AvgIpc) is 2.94. The van der Waals surface area contributed by atoms with Crippen LogP contribution in [0, 0.1) is 6.92 Å². The van der Waals surface area contributed by atoms with Gasteiger partial charge in [0.05, 0.1) is 16.6 Å². The highest BCUT2D eigenvalue weighted by Gasteiger charge is 2.22. The van der Waals surface area contributed by atoms with Crippen molar-refractivity contribution in [3.8, 4) is 0 Å². The van der Waals surface area contributed by atoms with E-state index in [0.717, 1.165) is 11.3 Å². The Bertz CT molecular complexity index is 1070. The van der Waals surface area contributed by atoms with E-state index in [4.69, 9.17) is 17.3 Å². The van der Waals surface area contributed by atoms with E-state index in [1.165, 1.54) is 10.9 Å². The molecule has 3 N–H and O–H groups in total. The monoisotopic (exact) mass is 390 g/mol. The molecule has 0 fully saturated rings. The summed E-state index contributed by atoms with van der Waals surface area (Å²) in [5.41, 5.74) is 5.99. The van der Waals surface area contributed by atoms with Crippen molar-refractivity contribution < 1.29 is 9.59 Å². The number of nitrogens with zero attached hydrogens (tertiary/aromatic N) is 2. The topological polar surface area (TPSA) is 107 Å². The number of aryl methyl sites for hydroxylation is 1. The predicted octanol–water partition coefficient (Wildman–Crippen LogP) is 2.72. The van der Waals surface area contributed by atoms with Gasteiger partial charge in [0, 0.05) is 10.7 Å². The fraction of sp³-hybridized carbons (Fsp3) is 0.176. The van der Waals surface area contributed by atoms with E-state index < -0.39 is 17.5 Å². The van der Waals surface area contributed by atoms with E-state index in [9.17, 15) is 14.4 Å². The summed E-state index contributed by atoms with van der Waals surface area (Å²) < 4.78 is 1.23. The molecule has 7 nitrogen and oxygen atoms in total. The highest BCUT2D eigenvalue weighted by atomic mass is 35.5. The first kappa shape index (κ1) is 18.1. The SMILES string of the molecule is Cc1c(C(N)=O)sc2ncn(C(C)C(=O)Nc3ccc(Cl)cc3)c(=O)c12. The van der Waals surface area contributed by atoms with Crippen LogP contribution in [-0.2, 0) is 4.79 Å². The number of primary amides is 1. The Morgan fingerprint density at radius 1 is 1.31 bits per heavy atom. The van der Waals surface area contributed by atoms with Gasteiger partial charge in [-0.3, -0.25) is 19.0 Å². The lowest BCUT2D eigenvalue weighted by molar-refractivity contribution is -0.118. The van der Waals surface area contributed by atoms with E-state index in [-0.39, 0.29) is 5.91 Å². The maximum atomic E-state index is 12.8. The van der Waals surface area contributed by atoms with Gasteiger partial charge in [-0.1, -0.05) is 11.6 Å². The Kier molecular flexibility index (Phi) is 4.80. The van der Waals surface area contributed by atoms with E-state index >= 15 is 0 Å². The zero-order chi connectivity index (χ0) is 19.0. The van der Waals surface area contributed by atoms with Gasteiger partial charge in [-0.2, -0.15) is 0 Å². The molecule has 1 atom stereocenters. The van der Waals surface area contributed by atoms with Gasteiger partial charge in [0.1, 0.15) is 10.9 Å². The lowest BCUT2D eigenvalue weighted by atomic mass is 10.2. The molecule has 1 unspecified atom stereocenters. The van der Waals surface area contributed by atoms with Crippen LogP contribution in [-0.4, -0.2) is 21.4 Å². The molecule has 2 aromatic heterocycles. The summed E-state index contributed by atoms with van der Waals surface area (Å²) in [5, 5.41) is 3.58. The third-order valence-electron chi connectivity index (χ3n) is 4.01. The fourth-order valence-electron chi connectivity index (χ4n) is 2.55. The summed E-state index contributed by atoms with van der Waals surface area (Å²) in [6, 6.07) is 5.84. The van der Waals surface area contributed by atoms with Gasteiger partial charge in [0.2, 0.25) is 5.91 Å². The minimum absolute atomic E-state index is 0.292. The first-order valence-electron chi connectivity index (χ1n) is 7.66. The average molecular weight is 391 g/mol. The second-order valence-corrected chi connectivity index (χ2v) is 7.17. The Hall–Kier alpha value is -2.71. The van der Waals surface area contributed by atoms with Gasteiger partial charge in [-0.25, -0.2) is 4.98 Å². The summed E-state index contributed by atoms with van der Waals surface area (Å²) in [7, 11) is 0. The summed E-state index contributed by atoms with van der Waals surface area (Å²) in [6.07, 6.45) is 1.30. The molecule has 0 aliphatic carbocycles. The number of anilines is 1. The van der Waals surface area contributed by atoms with Crippen LogP contribution >= 0.6 is 22.9 Å². The van der Waals surface area contributed by atoms with Gasteiger partial charge in [0.15, 0.2) is 0 Å². The van der Waals surface area contributed by atoms with Crippen molar-refractivity contribution in [1.82, 2.24) is 9.55 Å². The minimum atomic E-state index is -0.800. The van der Waals surface area contributed by atoms with Crippen LogP contribution in [0.5, 0.6) is 0 Å². The number of hydrogen-bond acceptors (Lipinski definition) is 5. The number of nitrogens with two attached hydrogens (primary N) is 1. The summed E-state index contributed by atoms with van der Waals surface area (Å²) in [6.45, 7) is 3.24. The molecule has 0 bridgehead atoms. The number of hydrogen-bond donors (Lipinski definition) is 2. The van der Waals surface area contributed by atoms with E-state index in [0.29, 0.717) is 31.4 Å². The van der Waals surface area contributed by atoms with Gasteiger partial charge < -0.3 is 11.1 Å². The van der Waals surface area contributed by atoms with Crippen molar-refractivity contribution in [2.45, 2.75) is 19.9 Å². The van der Waals surface area contributed by atoms with Crippen molar-refractivity contribution in [3.63, 3.8) is 0 Å². The molecule has 26 heavy (non-hydrogen) atoms. The number of carbonyl (C=O) groups excluding carboxylic acids is 2. The van der Waals surface area contributed by atoms with Crippen LogP contribution < -0.4 is 16.6 Å². The maximum absolute atomic E-state index is 12.8. The van der Waals surface area contributed by atoms with E-state index in [2.05, 4.69) is 10.3 Å². The molecule has 0 saturated carbocycles. The number of benzene rings is 1. The molecule has 0 aliphatic heterocycles. The number of fused-ring (bicyclic) bond motifs is 1. The lowest BCUT2D eigenvalue weighted by Gasteiger charge is -2.15. The van der Waals surface area contributed by atoms with E-state index in [1.54, 1.807) is 38.1 Å². The fourth-order valence-corrected chi connectivity index (χ4v) is 3.67. The molecule has 134 valence electrons. The van der Waals surface area contributed by atoms with Gasteiger partial charge in [-0.15, -0.1) is 11.3 Å². The van der Waals surface area contributed by atoms with Crippen LogP contribution in [0.25, 0.3) is 10.2 Å². The molecule has 0 saturated heterocycles. The Morgan fingerprint density at radius 3 is 2.58 bits per heavy atom. The third-order valence-corrected chi connectivity index (χ3v) is 5.47. The van der Waals surface area contributed by atoms with Crippen molar-refractivity contribution in [3.05, 3.63) is 56.4 Å². The van der Waals surface area contributed by atoms with Crippen LogP contribution in [0.4, 0.5) is 5.69 Å². The van der Waals surface area contributed by atoms with Crippen molar-refractivity contribution >= 4 is 50.7 Å². The number of amides is 2. The molecular formula is C17H15ClN4O3S. The van der Waals surface area contributed by atoms with Crippen LogP contribution in [0.1, 0.15) is 28.2 Å². The largest absolute Gasteiger partial charge is 0.365 e.